The fraction of sp³-hybridized carbons (Fsp3) is 0.529. The Bertz CT molecular complexity index is 643. The standard InChI is InChI=1S/C17H22N4O2/c18-16-13-4-2-1-3-11(13)9-14(16)19-15(22)10-20-7-8-21(17(20)23)12-5-6-12/h1-4,12,14,16H,5-10,18H2,(H,19,22)/t14-,16-/m1/s1. The van der Waals surface area contributed by atoms with Crippen LogP contribution in [0.4, 0.5) is 4.79 Å². The van der Waals surface area contributed by atoms with Gasteiger partial charge in [0.2, 0.25) is 5.91 Å². The molecule has 6 heteroatoms. The molecule has 6 nitrogen and oxygen atoms in total. The van der Waals surface area contributed by atoms with Crippen molar-refractivity contribution in [3.8, 4) is 0 Å². The van der Waals surface area contributed by atoms with E-state index in [0.29, 0.717) is 12.6 Å². The Morgan fingerprint density at radius 1 is 1.26 bits per heavy atom. The molecule has 2 atom stereocenters. The predicted molar refractivity (Wildman–Crippen MR) is 85.7 cm³/mol. The lowest BCUT2D eigenvalue weighted by atomic mass is 10.1. The van der Waals surface area contributed by atoms with Crippen molar-refractivity contribution in [1.82, 2.24) is 15.1 Å². The molecule has 2 fully saturated rings. The van der Waals surface area contributed by atoms with Crippen LogP contribution in [0.3, 0.4) is 0 Å². The SMILES string of the molecule is N[C@@H]1c2ccccc2C[C@H]1NC(=O)CN1CCN(C2CC2)C1=O. The molecular formula is C17H22N4O2. The molecule has 0 aromatic heterocycles. The normalized spacial score (nSPS) is 26.6. The Labute approximate surface area is 135 Å². The lowest BCUT2D eigenvalue weighted by Gasteiger charge is -2.21. The number of hydrogen-bond donors (Lipinski definition) is 2. The third kappa shape index (κ3) is 2.67. The summed E-state index contributed by atoms with van der Waals surface area (Å²) in [6.07, 6.45) is 2.95. The van der Waals surface area contributed by atoms with Gasteiger partial charge in [-0.2, -0.15) is 0 Å². The molecule has 1 aromatic carbocycles. The highest BCUT2D eigenvalue weighted by Crippen LogP contribution is 2.30. The largest absolute Gasteiger partial charge is 0.350 e. The monoisotopic (exact) mass is 314 g/mol. The molecule has 1 saturated heterocycles. The summed E-state index contributed by atoms with van der Waals surface area (Å²) in [4.78, 5) is 28.1. The molecule has 1 aromatic rings. The minimum absolute atomic E-state index is 0.00153. The Balaban J connectivity index is 1.34. The number of fused-ring (bicyclic) bond motifs is 1. The molecular weight excluding hydrogens is 292 g/mol. The number of amides is 3. The van der Waals surface area contributed by atoms with Crippen LogP contribution in [-0.4, -0.2) is 53.5 Å². The summed E-state index contributed by atoms with van der Waals surface area (Å²) in [5.41, 5.74) is 8.54. The molecule has 0 spiro atoms. The molecule has 3 N–H and O–H groups in total. The van der Waals surface area contributed by atoms with Crippen molar-refractivity contribution in [3.05, 3.63) is 35.4 Å². The number of nitrogens with two attached hydrogens (primary N) is 1. The summed E-state index contributed by atoms with van der Waals surface area (Å²) >= 11 is 0. The zero-order valence-electron chi connectivity index (χ0n) is 13.1. The van der Waals surface area contributed by atoms with Crippen LogP contribution >= 0.6 is 0 Å². The van der Waals surface area contributed by atoms with Crippen molar-refractivity contribution >= 4 is 11.9 Å². The fourth-order valence-electron chi connectivity index (χ4n) is 3.67. The van der Waals surface area contributed by atoms with Crippen LogP contribution in [0.15, 0.2) is 24.3 Å². The minimum atomic E-state index is -0.174. The van der Waals surface area contributed by atoms with E-state index >= 15 is 0 Å². The van der Waals surface area contributed by atoms with Crippen LogP contribution in [0, 0.1) is 0 Å². The van der Waals surface area contributed by atoms with Gasteiger partial charge in [0, 0.05) is 19.1 Å². The van der Waals surface area contributed by atoms with E-state index in [1.807, 2.05) is 23.1 Å². The van der Waals surface area contributed by atoms with E-state index in [1.165, 1.54) is 5.56 Å². The zero-order chi connectivity index (χ0) is 16.0. The summed E-state index contributed by atoms with van der Waals surface area (Å²) in [6, 6.07) is 8.19. The number of nitrogens with zero attached hydrogens (tertiary/aromatic N) is 2. The maximum absolute atomic E-state index is 12.3. The van der Waals surface area contributed by atoms with Crippen LogP contribution in [0.25, 0.3) is 0 Å². The van der Waals surface area contributed by atoms with Crippen molar-refractivity contribution in [2.24, 2.45) is 5.73 Å². The Morgan fingerprint density at radius 2 is 2.04 bits per heavy atom. The topological polar surface area (TPSA) is 78.7 Å². The van der Waals surface area contributed by atoms with Gasteiger partial charge in [-0.1, -0.05) is 24.3 Å². The zero-order valence-corrected chi connectivity index (χ0v) is 13.1. The average molecular weight is 314 g/mol. The predicted octanol–water partition coefficient (Wildman–Crippen LogP) is 0.627. The number of carbonyl (C=O) groups excluding carboxylic acids is 2. The summed E-state index contributed by atoms with van der Waals surface area (Å²) in [6.45, 7) is 1.51. The number of hydrogen-bond acceptors (Lipinski definition) is 3. The summed E-state index contributed by atoms with van der Waals surface area (Å²) in [5.74, 6) is -0.121. The highest BCUT2D eigenvalue weighted by molar-refractivity contribution is 5.85. The summed E-state index contributed by atoms with van der Waals surface area (Å²) in [5, 5.41) is 3.01. The average Bonchev–Trinajstić information content (AvgIpc) is 3.25. The number of urea groups is 1. The first-order chi connectivity index (χ1) is 11.1. The van der Waals surface area contributed by atoms with Gasteiger partial charge < -0.3 is 20.9 Å². The molecule has 122 valence electrons. The first-order valence-electron chi connectivity index (χ1n) is 8.32. The highest BCUT2D eigenvalue weighted by atomic mass is 16.2. The van der Waals surface area contributed by atoms with Crippen LogP contribution in [0.5, 0.6) is 0 Å². The third-order valence-corrected chi connectivity index (χ3v) is 5.08. The van der Waals surface area contributed by atoms with Gasteiger partial charge in [0.15, 0.2) is 0 Å². The first-order valence-corrected chi connectivity index (χ1v) is 8.32. The summed E-state index contributed by atoms with van der Waals surface area (Å²) in [7, 11) is 0. The van der Waals surface area contributed by atoms with Crippen molar-refractivity contribution in [3.63, 3.8) is 0 Å². The maximum atomic E-state index is 12.3. The third-order valence-electron chi connectivity index (χ3n) is 5.08. The molecule has 1 heterocycles. The second kappa shape index (κ2) is 5.53. The lowest BCUT2D eigenvalue weighted by molar-refractivity contribution is -0.122. The van der Waals surface area contributed by atoms with E-state index in [1.54, 1.807) is 4.90 Å². The molecule has 0 bridgehead atoms. The Morgan fingerprint density at radius 3 is 2.78 bits per heavy atom. The molecule has 23 heavy (non-hydrogen) atoms. The van der Waals surface area contributed by atoms with Gasteiger partial charge in [0.05, 0.1) is 12.1 Å². The lowest BCUT2D eigenvalue weighted by Crippen LogP contribution is -2.46. The second-order valence-corrected chi connectivity index (χ2v) is 6.73. The van der Waals surface area contributed by atoms with Crippen molar-refractivity contribution in [1.29, 1.82) is 0 Å². The van der Waals surface area contributed by atoms with Crippen molar-refractivity contribution in [2.75, 3.05) is 19.6 Å². The number of nitrogens with one attached hydrogen (secondary N) is 1. The van der Waals surface area contributed by atoms with Gasteiger partial charge in [-0.25, -0.2) is 4.79 Å². The quantitative estimate of drug-likeness (QED) is 0.855. The van der Waals surface area contributed by atoms with Crippen LogP contribution in [-0.2, 0) is 11.2 Å². The van der Waals surface area contributed by atoms with E-state index in [4.69, 9.17) is 5.73 Å². The van der Waals surface area contributed by atoms with Crippen molar-refractivity contribution in [2.45, 2.75) is 37.4 Å². The number of carbonyl (C=O) groups is 2. The number of rotatable bonds is 4. The van der Waals surface area contributed by atoms with Crippen LogP contribution in [0.2, 0.25) is 0 Å². The highest BCUT2D eigenvalue weighted by Gasteiger charge is 2.39. The smallest absolute Gasteiger partial charge is 0.320 e. The van der Waals surface area contributed by atoms with Gasteiger partial charge in [-0.05, 0) is 30.4 Å². The molecule has 0 radical (unpaired) electrons. The molecule has 2 aliphatic carbocycles. The molecule has 4 rings (SSSR count). The fourth-order valence-corrected chi connectivity index (χ4v) is 3.67. The molecule has 1 saturated carbocycles. The second-order valence-electron chi connectivity index (χ2n) is 6.73. The van der Waals surface area contributed by atoms with E-state index in [2.05, 4.69) is 11.4 Å². The van der Waals surface area contributed by atoms with E-state index < -0.39 is 0 Å². The van der Waals surface area contributed by atoms with Gasteiger partial charge in [0.25, 0.3) is 0 Å². The summed E-state index contributed by atoms with van der Waals surface area (Å²) < 4.78 is 0. The molecule has 1 aliphatic heterocycles. The van der Waals surface area contributed by atoms with E-state index in [9.17, 15) is 9.59 Å². The molecule has 0 unspecified atom stereocenters. The van der Waals surface area contributed by atoms with Gasteiger partial charge in [0.1, 0.15) is 6.54 Å². The maximum Gasteiger partial charge on any atom is 0.320 e. The first kappa shape index (κ1) is 14.5. The van der Waals surface area contributed by atoms with E-state index in [-0.39, 0.29) is 30.6 Å². The van der Waals surface area contributed by atoms with Gasteiger partial charge >= 0.3 is 6.03 Å². The van der Waals surface area contributed by atoms with Gasteiger partial charge in [-0.15, -0.1) is 0 Å². The molecule has 3 amide bonds. The van der Waals surface area contributed by atoms with Crippen LogP contribution < -0.4 is 11.1 Å². The number of benzene rings is 1. The Kier molecular flexibility index (Phi) is 3.49. The van der Waals surface area contributed by atoms with Crippen molar-refractivity contribution < 1.29 is 9.59 Å². The van der Waals surface area contributed by atoms with Crippen LogP contribution in [0.1, 0.15) is 30.0 Å². The molecule has 3 aliphatic rings. The van der Waals surface area contributed by atoms with E-state index in [0.717, 1.165) is 31.4 Å². The van der Waals surface area contributed by atoms with Gasteiger partial charge in [-0.3, -0.25) is 4.79 Å². The Hall–Kier alpha value is -2.08. The minimum Gasteiger partial charge on any atom is -0.350 e.